The molecular formula is C29H47N2O4P. The quantitative estimate of drug-likeness (QED) is 0.131. The van der Waals surface area contributed by atoms with Crippen LogP contribution in [0.2, 0.25) is 0 Å². The fourth-order valence-corrected chi connectivity index (χ4v) is 5.31. The van der Waals surface area contributed by atoms with E-state index in [-0.39, 0.29) is 12.8 Å². The van der Waals surface area contributed by atoms with Gasteiger partial charge < -0.3 is 14.2 Å². The highest BCUT2D eigenvalue weighted by atomic mass is 31.2. The molecule has 0 saturated carbocycles. The highest BCUT2D eigenvalue weighted by Crippen LogP contribution is 2.44. The summed E-state index contributed by atoms with van der Waals surface area (Å²) in [5.74, 6) is 0.857. The monoisotopic (exact) mass is 518 g/mol. The average molecular weight is 519 g/mol. The lowest BCUT2D eigenvalue weighted by Crippen LogP contribution is -1.98. The Morgan fingerprint density at radius 1 is 0.750 bits per heavy atom. The summed E-state index contributed by atoms with van der Waals surface area (Å²) in [6, 6.07) is 7.82. The molecule has 0 radical (unpaired) electrons. The molecule has 0 aliphatic carbocycles. The van der Waals surface area contributed by atoms with Crippen LogP contribution in [0.25, 0.3) is 11.3 Å². The first-order valence-electron chi connectivity index (χ1n) is 14.0. The Kier molecular flexibility index (Phi) is 15.6. The van der Waals surface area contributed by atoms with E-state index in [1.807, 2.05) is 24.3 Å². The molecule has 1 unspecified atom stereocenters. The molecule has 1 aromatic carbocycles. The third kappa shape index (κ3) is 13.5. The third-order valence-electron chi connectivity index (χ3n) is 6.31. The zero-order chi connectivity index (χ0) is 25.9. The van der Waals surface area contributed by atoms with Gasteiger partial charge >= 0.3 is 7.60 Å². The minimum absolute atomic E-state index is 0.139. The van der Waals surface area contributed by atoms with E-state index in [1.54, 1.807) is 13.1 Å². The number of benzene rings is 1. The smallest absolute Gasteiger partial charge is 0.334 e. The van der Waals surface area contributed by atoms with Gasteiger partial charge in [0.2, 0.25) is 0 Å². The lowest BCUT2D eigenvalue weighted by molar-refractivity contribution is 0.272. The van der Waals surface area contributed by atoms with Gasteiger partial charge in [0.05, 0.1) is 37.0 Å². The van der Waals surface area contributed by atoms with E-state index in [0.717, 1.165) is 24.3 Å². The van der Waals surface area contributed by atoms with Gasteiger partial charge in [-0.25, -0.2) is 0 Å². The molecular weight excluding hydrogens is 471 g/mol. The summed E-state index contributed by atoms with van der Waals surface area (Å²) in [6.45, 7) is 4.89. The maximum atomic E-state index is 11.9. The predicted octanol–water partition coefficient (Wildman–Crippen LogP) is 8.73. The number of rotatable bonds is 21. The molecule has 7 heteroatoms. The maximum Gasteiger partial charge on any atom is 0.334 e. The number of unbranched alkanes of at least 4 members (excludes halogenated alkanes) is 13. The molecule has 0 spiro atoms. The number of nitrogens with zero attached hydrogens (tertiary/aromatic N) is 2. The van der Waals surface area contributed by atoms with Crippen LogP contribution in [0.5, 0.6) is 5.75 Å². The molecule has 0 amide bonds. The van der Waals surface area contributed by atoms with Gasteiger partial charge in [-0.1, -0.05) is 90.4 Å². The van der Waals surface area contributed by atoms with Crippen molar-refractivity contribution < 1.29 is 18.7 Å². The summed E-state index contributed by atoms with van der Waals surface area (Å²) in [4.78, 5) is 18.4. The van der Waals surface area contributed by atoms with Crippen LogP contribution >= 0.6 is 7.60 Å². The fraction of sp³-hybridized carbons (Fsp3) is 0.655. The standard InChI is InChI=1S/C29H47N2O4P/c1-3-5-6-7-8-9-10-11-12-13-14-15-16-17-22-34-28-20-18-26(19-21-28)29-24-30-27(23-31-29)25-36(32,33)35-4-2/h18-21,23-24H,3-17,22,25H2,1-2H3,(H,32,33). The SMILES string of the molecule is CCCCCCCCCCCCCCCCOc1ccc(-c2cnc(CP(=O)(O)OCC)cn2)cc1. The molecule has 0 saturated heterocycles. The van der Waals surface area contributed by atoms with Crippen molar-refractivity contribution in [1.82, 2.24) is 9.97 Å². The van der Waals surface area contributed by atoms with E-state index in [1.165, 1.54) is 89.7 Å². The van der Waals surface area contributed by atoms with Crippen molar-refractivity contribution in [3.05, 3.63) is 42.4 Å². The second-order valence-electron chi connectivity index (χ2n) is 9.58. The van der Waals surface area contributed by atoms with Crippen LogP contribution in [-0.2, 0) is 15.3 Å². The van der Waals surface area contributed by atoms with Crippen molar-refractivity contribution in [3.8, 4) is 17.0 Å². The minimum Gasteiger partial charge on any atom is -0.494 e. The Bertz CT molecular complexity index is 859. The molecule has 2 rings (SSSR count). The van der Waals surface area contributed by atoms with Crippen molar-refractivity contribution in [3.63, 3.8) is 0 Å². The van der Waals surface area contributed by atoms with Crippen LogP contribution in [0, 0.1) is 0 Å². The molecule has 1 aromatic heterocycles. The molecule has 1 atom stereocenters. The number of ether oxygens (including phenoxy) is 1. The Hall–Kier alpha value is -1.75. The summed E-state index contributed by atoms with van der Waals surface area (Å²) in [5.41, 5.74) is 2.07. The zero-order valence-electron chi connectivity index (χ0n) is 22.5. The van der Waals surface area contributed by atoms with E-state index in [9.17, 15) is 9.46 Å². The second-order valence-corrected chi connectivity index (χ2v) is 11.4. The molecule has 202 valence electrons. The van der Waals surface area contributed by atoms with Crippen LogP contribution in [-0.4, -0.2) is 28.1 Å². The first-order chi connectivity index (χ1) is 17.5. The zero-order valence-corrected chi connectivity index (χ0v) is 23.4. The van der Waals surface area contributed by atoms with Gasteiger partial charge in [-0.05, 0) is 37.6 Å². The lowest BCUT2D eigenvalue weighted by Gasteiger charge is -2.10. The lowest BCUT2D eigenvalue weighted by atomic mass is 10.0. The van der Waals surface area contributed by atoms with Crippen molar-refractivity contribution in [2.24, 2.45) is 0 Å². The summed E-state index contributed by atoms with van der Waals surface area (Å²) in [7, 11) is -3.66. The summed E-state index contributed by atoms with van der Waals surface area (Å²) in [6.07, 6.45) is 22.0. The molecule has 6 nitrogen and oxygen atoms in total. The van der Waals surface area contributed by atoms with Crippen LogP contribution in [0.3, 0.4) is 0 Å². The van der Waals surface area contributed by atoms with E-state index >= 15 is 0 Å². The summed E-state index contributed by atoms with van der Waals surface area (Å²) in [5, 5.41) is 0. The van der Waals surface area contributed by atoms with Gasteiger partial charge in [0.1, 0.15) is 5.75 Å². The first-order valence-corrected chi connectivity index (χ1v) is 15.8. The maximum absolute atomic E-state index is 11.9. The van der Waals surface area contributed by atoms with E-state index in [4.69, 9.17) is 9.26 Å². The second kappa shape index (κ2) is 18.5. The molecule has 0 aliphatic heterocycles. The highest BCUT2D eigenvalue weighted by molar-refractivity contribution is 7.51. The van der Waals surface area contributed by atoms with E-state index in [2.05, 4.69) is 16.9 Å². The molecule has 1 heterocycles. The number of hydrogen-bond donors (Lipinski definition) is 1. The van der Waals surface area contributed by atoms with Crippen LogP contribution in [0.4, 0.5) is 0 Å². The van der Waals surface area contributed by atoms with Crippen molar-refractivity contribution in [2.45, 2.75) is 110 Å². The molecule has 36 heavy (non-hydrogen) atoms. The van der Waals surface area contributed by atoms with Crippen molar-refractivity contribution in [2.75, 3.05) is 13.2 Å². The van der Waals surface area contributed by atoms with Crippen LogP contribution in [0.15, 0.2) is 36.7 Å². The van der Waals surface area contributed by atoms with Crippen molar-refractivity contribution in [1.29, 1.82) is 0 Å². The average Bonchev–Trinajstić information content (AvgIpc) is 2.87. The fourth-order valence-electron chi connectivity index (χ4n) is 4.25. The molecule has 1 N–H and O–H groups in total. The third-order valence-corrected chi connectivity index (χ3v) is 7.70. The summed E-state index contributed by atoms with van der Waals surface area (Å²) >= 11 is 0. The Balaban J connectivity index is 1.53. The van der Waals surface area contributed by atoms with Gasteiger partial charge in [0.15, 0.2) is 0 Å². The topological polar surface area (TPSA) is 81.5 Å². The molecule has 2 aromatic rings. The predicted molar refractivity (Wildman–Crippen MR) is 148 cm³/mol. The minimum atomic E-state index is -3.66. The van der Waals surface area contributed by atoms with Gasteiger partial charge in [-0.3, -0.25) is 14.5 Å². The van der Waals surface area contributed by atoms with Crippen LogP contribution < -0.4 is 4.74 Å². The molecule has 0 fully saturated rings. The highest BCUT2D eigenvalue weighted by Gasteiger charge is 2.20. The van der Waals surface area contributed by atoms with Gasteiger partial charge in [0, 0.05) is 11.8 Å². The molecule has 0 aliphatic rings. The van der Waals surface area contributed by atoms with Gasteiger partial charge in [-0.15, -0.1) is 0 Å². The number of hydrogen-bond acceptors (Lipinski definition) is 5. The Labute approximate surface area is 218 Å². The van der Waals surface area contributed by atoms with Gasteiger partial charge in [-0.2, -0.15) is 0 Å². The van der Waals surface area contributed by atoms with E-state index in [0.29, 0.717) is 11.4 Å². The largest absolute Gasteiger partial charge is 0.494 e. The first kappa shape index (κ1) is 30.5. The summed E-state index contributed by atoms with van der Waals surface area (Å²) < 4.78 is 22.7. The number of aromatic nitrogens is 2. The molecule has 0 bridgehead atoms. The van der Waals surface area contributed by atoms with E-state index < -0.39 is 7.60 Å². The normalized spacial score (nSPS) is 13.0. The van der Waals surface area contributed by atoms with Gasteiger partial charge in [0.25, 0.3) is 0 Å². The Morgan fingerprint density at radius 3 is 1.81 bits per heavy atom. The van der Waals surface area contributed by atoms with Crippen molar-refractivity contribution >= 4 is 7.60 Å². The van der Waals surface area contributed by atoms with Crippen LogP contribution in [0.1, 0.15) is 109 Å². The Morgan fingerprint density at radius 2 is 1.31 bits per heavy atom.